The van der Waals surface area contributed by atoms with E-state index in [-0.39, 0.29) is 29.7 Å². The zero-order valence-electron chi connectivity index (χ0n) is 16.5. The minimum Gasteiger partial charge on any atom is -0.370 e. The number of hydrogen-bond acceptors (Lipinski definition) is 6. The van der Waals surface area contributed by atoms with E-state index in [0.717, 1.165) is 38.6 Å². The number of aliphatic imine (C=N–C) groups is 1. The highest BCUT2D eigenvalue weighted by Crippen LogP contribution is 2.18. The fourth-order valence-electron chi connectivity index (χ4n) is 3.43. The van der Waals surface area contributed by atoms with Crippen LogP contribution in [-0.4, -0.2) is 66.9 Å². The van der Waals surface area contributed by atoms with Crippen molar-refractivity contribution in [3.05, 3.63) is 0 Å². The maximum Gasteiger partial charge on any atom is 0.237 e. The molecule has 3 atom stereocenters. The molecule has 0 radical (unpaired) electrons. The molecule has 1 aliphatic rings. The predicted octanol–water partition coefficient (Wildman–Crippen LogP) is -0.965. The zero-order chi connectivity index (χ0) is 20.2. The summed E-state index contributed by atoms with van der Waals surface area (Å²) in [6, 6.07) is -0.689. The molecule has 0 bridgehead atoms. The van der Waals surface area contributed by atoms with E-state index < -0.39 is 6.04 Å². The van der Waals surface area contributed by atoms with Crippen molar-refractivity contribution in [1.29, 1.82) is 0 Å². The number of rotatable bonds is 13. The Bertz CT molecular complexity index is 494. The van der Waals surface area contributed by atoms with E-state index in [0.29, 0.717) is 32.5 Å². The number of hydrogen-bond donors (Lipinski definition) is 5. The van der Waals surface area contributed by atoms with Crippen LogP contribution in [0.3, 0.4) is 0 Å². The maximum absolute atomic E-state index is 12.7. The highest BCUT2D eigenvalue weighted by atomic mass is 16.2. The minimum atomic E-state index is -0.507. The summed E-state index contributed by atoms with van der Waals surface area (Å²) in [5.74, 6) is -0.123. The number of ketones is 1. The van der Waals surface area contributed by atoms with E-state index in [9.17, 15) is 9.59 Å². The van der Waals surface area contributed by atoms with Crippen molar-refractivity contribution in [3.8, 4) is 0 Å². The first-order chi connectivity index (χ1) is 12.8. The van der Waals surface area contributed by atoms with Gasteiger partial charge in [0.15, 0.2) is 11.7 Å². The Hall–Kier alpha value is -1.71. The summed E-state index contributed by atoms with van der Waals surface area (Å²) in [4.78, 5) is 30.7. The van der Waals surface area contributed by atoms with Crippen LogP contribution >= 0.6 is 0 Å². The highest BCUT2D eigenvalue weighted by Gasteiger charge is 2.32. The molecular weight excluding hydrogens is 346 g/mol. The quantitative estimate of drug-likeness (QED) is 0.155. The standard InChI is InChI=1S/C18H37N7O2/c1-13(26)15(7-4-10-23-18(21)22)24-17(27)16-8-5-11-25(16)12-14(20)6-2-3-9-19/h14-16H,2-12,19-20H2,1H3,(H,24,27)(H4,21,22,23). The van der Waals surface area contributed by atoms with Crippen LogP contribution in [0, 0.1) is 0 Å². The number of guanidine groups is 1. The number of likely N-dealkylation sites (tertiary alicyclic amines) is 1. The summed E-state index contributed by atoms with van der Waals surface area (Å²) in [5, 5.41) is 2.90. The molecule has 27 heavy (non-hydrogen) atoms. The molecule has 9 nitrogen and oxygen atoms in total. The van der Waals surface area contributed by atoms with E-state index >= 15 is 0 Å². The Balaban J connectivity index is 2.50. The van der Waals surface area contributed by atoms with Crippen molar-refractivity contribution < 1.29 is 9.59 Å². The predicted molar refractivity (Wildman–Crippen MR) is 108 cm³/mol. The molecule has 156 valence electrons. The zero-order valence-corrected chi connectivity index (χ0v) is 16.5. The molecule has 9 heteroatoms. The summed E-state index contributed by atoms with van der Waals surface area (Å²) in [6.07, 6.45) is 5.78. The number of carbonyl (C=O) groups is 2. The van der Waals surface area contributed by atoms with E-state index in [1.165, 1.54) is 6.92 Å². The third-order valence-corrected chi connectivity index (χ3v) is 4.92. The van der Waals surface area contributed by atoms with E-state index in [4.69, 9.17) is 22.9 Å². The smallest absolute Gasteiger partial charge is 0.237 e. The lowest BCUT2D eigenvalue weighted by Crippen LogP contribution is -2.51. The van der Waals surface area contributed by atoms with Gasteiger partial charge in [-0.3, -0.25) is 19.5 Å². The van der Waals surface area contributed by atoms with Gasteiger partial charge in [-0.1, -0.05) is 6.42 Å². The van der Waals surface area contributed by atoms with Gasteiger partial charge in [0.05, 0.1) is 12.1 Å². The second-order valence-electron chi connectivity index (χ2n) is 7.32. The van der Waals surface area contributed by atoms with Gasteiger partial charge >= 0.3 is 0 Å². The minimum absolute atomic E-state index is 0.0304. The number of Topliss-reactive ketones (excluding diaryl/α,β-unsaturated/α-hetero) is 1. The first kappa shape index (κ1) is 23.3. The average Bonchev–Trinajstić information content (AvgIpc) is 3.05. The van der Waals surface area contributed by atoms with E-state index in [1.54, 1.807) is 0 Å². The maximum atomic E-state index is 12.7. The van der Waals surface area contributed by atoms with Crippen LogP contribution in [0.5, 0.6) is 0 Å². The summed E-state index contributed by atoms with van der Waals surface area (Å²) >= 11 is 0. The Morgan fingerprint density at radius 1 is 1.22 bits per heavy atom. The lowest BCUT2D eigenvalue weighted by molar-refractivity contribution is -0.130. The van der Waals surface area contributed by atoms with Gasteiger partial charge in [0.25, 0.3) is 0 Å². The molecule has 9 N–H and O–H groups in total. The van der Waals surface area contributed by atoms with Gasteiger partial charge in [-0.2, -0.15) is 0 Å². The first-order valence-electron chi connectivity index (χ1n) is 9.91. The largest absolute Gasteiger partial charge is 0.370 e. The number of nitrogens with one attached hydrogen (secondary N) is 1. The molecule has 1 amide bonds. The van der Waals surface area contributed by atoms with Crippen LogP contribution < -0.4 is 28.3 Å². The molecule has 1 aliphatic heterocycles. The van der Waals surface area contributed by atoms with Crippen molar-refractivity contribution in [2.24, 2.45) is 27.9 Å². The van der Waals surface area contributed by atoms with Crippen molar-refractivity contribution in [1.82, 2.24) is 10.2 Å². The van der Waals surface area contributed by atoms with Crippen molar-refractivity contribution in [2.45, 2.75) is 70.0 Å². The summed E-state index contributed by atoms with van der Waals surface area (Å²) < 4.78 is 0. The molecule has 0 aromatic rings. The molecule has 1 fully saturated rings. The van der Waals surface area contributed by atoms with Crippen molar-refractivity contribution in [2.75, 3.05) is 26.2 Å². The fourth-order valence-corrected chi connectivity index (χ4v) is 3.43. The summed E-state index contributed by atoms with van der Waals surface area (Å²) in [5.41, 5.74) is 22.3. The Morgan fingerprint density at radius 2 is 1.96 bits per heavy atom. The molecule has 3 unspecified atom stereocenters. The van der Waals surface area contributed by atoms with Gasteiger partial charge < -0.3 is 28.3 Å². The van der Waals surface area contributed by atoms with E-state index in [2.05, 4.69) is 15.2 Å². The van der Waals surface area contributed by atoms with Crippen LogP contribution in [0.15, 0.2) is 4.99 Å². The van der Waals surface area contributed by atoms with Gasteiger partial charge in [-0.25, -0.2) is 0 Å². The van der Waals surface area contributed by atoms with Crippen LogP contribution in [-0.2, 0) is 9.59 Å². The van der Waals surface area contributed by atoms with Gasteiger partial charge in [0.2, 0.25) is 5.91 Å². The molecule has 0 aliphatic carbocycles. The molecule has 0 aromatic heterocycles. The molecule has 1 rings (SSSR count). The Morgan fingerprint density at radius 3 is 2.59 bits per heavy atom. The van der Waals surface area contributed by atoms with Crippen molar-refractivity contribution >= 4 is 17.6 Å². The number of amides is 1. The average molecular weight is 384 g/mol. The first-order valence-corrected chi connectivity index (χ1v) is 9.91. The molecule has 0 saturated carbocycles. The third-order valence-electron chi connectivity index (χ3n) is 4.92. The number of nitrogens with zero attached hydrogens (tertiary/aromatic N) is 2. The Kier molecular flexibility index (Phi) is 10.9. The SMILES string of the molecule is CC(=O)C(CCCN=C(N)N)NC(=O)C1CCCN1CC(N)CCCCN. The van der Waals surface area contributed by atoms with Gasteiger partial charge in [0, 0.05) is 19.1 Å². The lowest BCUT2D eigenvalue weighted by Gasteiger charge is -2.28. The second-order valence-corrected chi connectivity index (χ2v) is 7.32. The molecule has 1 heterocycles. The molecule has 0 spiro atoms. The van der Waals surface area contributed by atoms with Crippen molar-refractivity contribution in [3.63, 3.8) is 0 Å². The van der Waals surface area contributed by atoms with Gasteiger partial charge in [-0.15, -0.1) is 0 Å². The molecule has 0 aromatic carbocycles. The van der Waals surface area contributed by atoms with Gasteiger partial charge in [0.1, 0.15) is 0 Å². The van der Waals surface area contributed by atoms with Crippen LogP contribution in [0.25, 0.3) is 0 Å². The number of nitrogens with two attached hydrogens (primary N) is 4. The lowest BCUT2D eigenvalue weighted by atomic mass is 10.1. The topological polar surface area (TPSA) is 166 Å². The fraction of sp³-hybridized carbons (Fsp3) is 0.833. The summed E-state index contributed by atoms with van der Waals surface area (Å²) in [7, 11) is 0. The summed E-state index contributed by atoms with van der Waals surface area (Å²) in [6.45, 7) is 4.16. The van der Waals surface area contributed by atoms with E-state index in [1.807, 2.05) is 0 Å². The Labute approximate surface area is 162 Å². The highest BCUT2D eigenvalue weighted by molar-refractivity contribution is 5.89. The monoisotopic (exact) mass is 383 g/mol. The van der Waals surface area contributed by atoms with Crippen LogP contribution in [0.1, 0.15) is 51.9 Å². The van der Waals surface area contributed by atoms with Crippen LogP contribution in [0.4, 0.5) is 0 Å². The number of unbranched alkanes of at least 4 members (excludes halogenated alkanes) is 1. The normalized spacial score (nSPS) is 19.4. The third kappa shape index (κ3) is 9.16. The molecule has 1 saturated heterocycles. The van der Waals surface area contributed by atoms with Crippen LogP contribution in [0.2, 0.25) is 0 Å². The van der Waals surface area contributed by atoms with Gasteiger partial charge in [-0.05, 0) is 58.5 Å². The second kappa shape index (κ2) is 12.6. The number of carbonyl (C=O) groups excluding carboxylic acids is 2. The molecular formula is C18H37N7O2.